The van der Waals surface area contributed by atoms with Crippen molar-refractivity contribution in [2.24, 2.45) is 17.8 Å². The fourth-order valence-electron chi connectivity index (χ4n) is 6.10. The molecule has 2 aliphatic carbocycles. The zero-order chi connectivity index (χ0) is 17.6. The van der Waals surface area contributed by atoms with Gasteiger partial charge >= 0.3 is 0 Å². The minimum atomic E-state index is -0.0908. The summed E-state index contributed by atoms with van der Waals surface area (Å²) in [7, 11) is 0. The predicted molar refractivity (Wildman–Crippen MR) is 105 cm³/mol. The number of hydrogen-bond donors (Lipinski definition) is 1. The van der Waals surface area contributed by atoms with Crippen LogP contribution in [-0.4, -0.2) is 31.1 Å². The largest absolute Gasteiger partial charge is 0.384 e. The van der Waals surface area contributed by atoms with E-state index in [0.717, 1.165) is 55.9 Å². The Morgan fingerprint density at radius 2 is 2.04 bits per heavy atom. The normalized spacial score (nSPS) is 32.9. The summed E-state index contributed by atoms with van der Waals surface area (Å²) < 4.78 is 13.8. The van der Waals surface area contributed by atoms with Crippen LogP contribution in [0.4, 0.5) is 10.1 Å². The number of piperidine rings is 1. The summed E-state index contributed by atoms with van der Waals surface area (Å²) in [5.74, 6) is 2.57. The third-order valence-corrected chi connectivity index (χ3v) is 7.63. The molecule has 1 aromatic carbocycles. The maximum atomic E-state index is 13.8. The van der Waals surface area contributed by atoms with E-state index in [2.05, 4.69) is 22.4 Å². The van der Waals surface area contributed by atoms with Crippen molar-refractivity contribution >= 4 is 5.69 Å². The average Bonchev–Trinajstić information content (AvgIpc) is 2.92. The van der Waals surface area contributed by atoms with Gasteiger partial charge in [0.25, 0.3) is 0 Å². The van der Waals surface area contributed by atoms with Gasteiger partial charge in [0, 0.05) is 24.2 Å². The Balaban J connectivity index is 1.22. The van der Waals surface area contributed by atoms with Crippen LogP contribution in [0, 0.1) is 23.6 Å². The molecule has 2 bridgehead atoms. The van der Waals surface area contributed by atoms with Gasteiger partial charge in [-0.2, -0.15) is 0 Å². The molecule has 5 rings (SSSR count). The number of nitrogens with one attached hydrogen (secondary N) is 1. The number of allylic oxidation sites excluding steroid dienone is 2. The van der Waals surface area contributed by atoms with Crippen molar-refractivity contribution in [2.45, 2.75) is 50.4 Å². The Morgan fingerprint density at radius 3 is 2.92 bits per heavy atom. The van der Waals surface area contributed by atoms with Gasteiger partial charge < -0.3 is 10.2 Å². The second-order valence-electron chi connectivity index (χ2n) is 9.33. The number of fused-ring (bicyclic) bond motifs is 4. The molecule has 0 amide bonds. The van der Waals surface area contributed by atoms with E-state index < -0.39 is 0 Å². The Bertz CT molecular complexity index is 689. The van der Waals surface area contributed by atoms with Gasteiger partial charge in [0.1, 0.15) is 5.82 Å². The Labute approximate surface area is 156 Å². The third kappa shape index (κ3) is 3.09. The van der Waals surface area contributed by atoms with Gasteiger partial charge in [-0.1, -0.05) is 12.2 Å². The van der Waals surface area contributed by atoms with Gasteiger partial charge in [-0.3, -0.25) is 0 Å². The molecule has 2 heterocycles. The first-order chi connectivity index (χ1) is 12.7. The van der Waals surface area contributed by atoms with E-state index >= 15 is 0 Å². The summed E-state index contributed by atoms with van der Waals surface area (Å²) in [5.41, 5.74) is 2.55. The first kappa shape index (κ1) is 16.8. The van der Waals surface area contributed by atoms with Crippen molar-refractivity contribution < 1.29 is 4.39 Å². The predicted octanol–water partition coefficient (Wildman–Crippen LogP) is 4.97. The summed E-state index contributed by atoms with van der Waals surface area (Å²) in [5, 5.41) is 3.52. The highest BCUT2D eigenvalue weighted by Gasteiger charge is 2.42. The zero-order valence-electron chi connectivity index (χ0n) is 15.7. The Hall–Kier alpha value is -1.35. The van der Waals surface area contributed by atoms with E-state index in [-0.39, 0.29) is 11.2 Å². The molecular formula is C23H31FN2. The molecule has 1 saturated carbocycles. The van der Waals surface area contributed by atoms with Crippen LogP contribution in [0.2, 0.25) is 0 Å². The van der Waals surface area contributed by atoms with Crippen LogP contribution in [0.15, 0.2) is 30.4 Å². The number of rotatable bonds is 2. The molecule has 4 aliphatic rings. The number of halogens is 1. The number of anilines is 1. The van der Waals surface area contributed by atoms with E-state index in [9.17, 15) is 4.39 Å². The molecule has 2 fully saturated rings. The first-order valence-corrected chi connectivity index (χ1v) is 10.6. The Morgan fingerprint density at radius 1 is 1.15 bits per heavy atom. The highest BCUT2D eigenvalue weighted by Crippen LogP contribution is 2.45. The van der Waals surface area contributed by atoms with Crippen molar-refractivity contribution in [1.82, 2.24) is 4.90 Å². The van der Waals surface area contributed by atoms with E-state index in [1.54, 1.807) is 12.1 Å². The third-order valence-electron chi connectivity index (χ3n) is 7.63. The molecule has 1 saturated heterocycles. The number of benzene rings is 1. The molecule has 1 aromatic rings. The van der Waals surface area contributed by atoms with Crippen LogP contribution in [-0.2, 0) is 5.41 Å². The highest BCUT2D eigenvalue weighted by atomic mass is 19.1. The highest BCUT2D eigenvalue weighted by molar-refractivity contribution is 5.60. The standard InChI is InChI=1S/C23H31FN2/c24-20-6-7-22-21(14-20)23(16-25-22)8-10-26(11-9-23)15-19-5-4-17-2-1-3-18(12-17)13-19/h1,3,6-7,14,17-19,25H,2,4-5,8-13,15-16H2/t17-,18+,19-/m1/s1. The topological polar surface area (TPSA) is 15.3 Å². The van der Waals surface area contributed by atoms with Crippen LogP contribution in [0.5, 0.6) is 0 Å². The smallest absolute Gasteiger partial charge is 0.123 e. The fourth-order valence-corrected chi connectivity index (χ4v) is 6.10. The summed E-state index contributed by atoms with van der Waals surface area (Å²) >= 11 is 0. The number of nitrogens with zero attached hydrogens (tertiary/aromatic N) is 1. The molecule has 0 unspecified atom stereocenters. The summed E-state index contributed by atoms with van der Waals surface area (Å²) in [4.78, 5) is 2.70. The van der Waals surface area contributed by atoms with Crippen LogP contribution < -0.4 is 5.32 Å². The van der Waals surface area contributed by atoms with Gasteiger partial charge in [0.05, 0.1) is 0 Å². The van der Waals surface area contributed by atoms with Gasteiger partial charge in [-0.25, -0.2) is 4.39 Å². The molecule has 2 nitrogen and oxygen atoms in total. The maximum Gasteiger partial charge on any atom is 0.123 e. The molecule has 2 aliphatic heterocycles. The summed E-state index contributed by atoms with van der Waals surface area (Å²) in [6, 6.07) is 5.28. The van der Waals surface area contributed by atoms with E-state index in [0.29, 0.717) is 0 Å². The van der Waals surface area contributed by atoms with Crippen LogP contribution in [0.1, 0.15) is 50.5 Å². The second kappa shape index (κ2) is 6.67. The number of likely N-dealkylation sites (tertiary alicyclic amines) is 1. The quantitative estimate of drug-likeness (QED) is 0.755. The average molecular weight is 355 g/mol. The van der Waals surface area contributed by atoms with Crippen molar-refractivity contribution in [1.29, 1.82) is 0 Å². The van der Waals surface area contributed by atoms with Gasteiger partial charge in [-0.15, -0.1) is 0 Å². The van der Waals surface area contributed by atoms with E-state index in [1.807, 2.05) is 6.07 Å². The molecule has 0 aromatic heterocycles. The van der Waals surface area contributed by atoms with Gasteiger partial charge in [-0.05, 0) is 99.6 Å². The lowest BCUT2D eigenvalue weighted by Crippen LogP contribution is -2.45. The minimum Gasteiger partial charge on any atom is -0.384 e. The van der Waals surface area contributed by atoms with Crippen LogP contribution in [0.25, 0.3) is 0 Å². The molecule has 26 heavy (non-hydrogen) atoms. The first-order valence-electron chi connectivity index (χ1n) is 10.6. The molecule has 3 atom stereocenters. The van der Waals surface area contributed by atoms with Crippen molar-refractivity contribution in [2.75, 3.05) is 31.5 Å². The lowest BCUT2D eigenvalue weighted by molar-refractivity contribution is 0.140. The van der Waals surface area contributed by atoms with E-state index in [1.165, 1.54) is 44.2 Å². The van der Waals surface area contributed by atoms with Crippen LogP contribution >= 0.6 is 0 Å². The SMILES string of the molecule is Fc1ccc2c(c1)C1(CCN(C[C@@H]3CC[C@H]4CC=C[C@@H](C4)C3)CC1)CN2. The van der Waals surface area contributed by atoms with Crippen LogP contribution in [0.3, 0.4) is 0 Å². The summed E-state index contributed by atoms with van der Waals surface area (Å²) in [6.45, 7) is 4.59. The fraction of sp³-hybridized carbons (Fsp3) is 0.652. The van der Waals surface area contributed by atoms with Gasteiger partial charge in [0.15, 0.2) is 0 Å². The maximum absolute atomic E-state index is 13.8. The van der Waals surface area contributed by atoms with Crippen molar-refractivity contribution in [3.63, 3.8) is 0 Å². The lowest BCUT2D eigenvalue weighted by Gasteiger charge is -2.40. The summed E-state index contributed by atoms with van der Waals surface area (Å²) in [6.07, 6.45) is 14.3. The Kier molecular flexibility index (Phi) is 4.31. The minimum absolute atomic E-state index is 0.0908. The zero-order valence-corrected chi connectivity index (χ0v) is 15.7. The monoisotopic (exact) mass is 354 g/mol. The molecular weight excluding hydrogens is 323 g/mol. The van der Waals surface area contributed by atoms with Gasteiger partial charge in [0.2, 0.25) is 0 Å². The molecule has 1 N–H and O–H groups in total. The van der Waals surface area contributed by atoms with E-state index in [4.69, 9.17) is 0 Å². The van der Waals surface area contributed by atoms with Crippen molar-refractivity contribution in [3.05, 3.63) is 41.7 Å². The molecule has 3 heteroatoms. The molecule has 0 radical (unpaired) electrons. The molecule has 140 valence electrons. The molecule has 1 spiro atoms. The lowest BCUT2D eigenvalue weighted by atomic mass is 9.74. The second-order valence-corrected chi connectivity index (χ2v) is 9.33. The number of hydrogen-bond acceptors (Lipinski definition) is 2. The van der Waals surface area contributed by atoms with Crippen molar-refractivity contribution in [3.8, 4) is 0 Å².